The summed E-state index contributed by atoms with van der Waals surface area (Å²) >= 11 is 0. The zero-order valence-electron chi connectivity index (χ0n) is 3.12. The fraction of sp³-hybridized carbons (Fsp3) is 0. The third kappa shape index (κ3) is 209. The normalized spacial score (nSPS) is 8.29. The van der Waals surface area contributed by atoms with Crippen molar-refractivity contribution in [1.29, 1.82) is 0 Å². The standard InChI is InChI=1S/Co.2H3O2P/c;2*1-3-2/h;2*3H2,(H,1,2)/q+2;;/p-2. The molecule has 2 unspecified atom stereocenters. The summed E-state index contributed by atoms with van der Waals surface area (Å²) in [4.78, 5) is 16.9. The molecule has 0 aliphatic rings. The van der Waals surface area contributed by atoms with Crippen molar-refractivity contribution in [3.05, 3.63) is 0 Å². The second-order valence-corrected chi connectivity index (χ2v) is 0.577. The molecule has 0 fully saturated rings. The van der Waals surface area contributed by atoms with Crippen molar-refractivity contribution in [1.82, 2.24) is 0 Å². The van der Waals surface area contributed by atoms with Gasteiger partial charge in [0, 0.05) is 0 Å². The molecule has 7 heavy (non-hydrogen) atoms. The summed E-state index contributed by atoms with van der Waals surface area (Å²) in [7, 11) is -3.50. The van der Waals surface area contributed by atoms with Gasteiger partial charge in [-0.15, -0.1) is 0 Å². The summed E-state index contributed by atoms with van der Waals surface area (Å²) in [6.07, 6.45) is 0. The third-order valence-corrected chi connectivity index (χ3v) is 0. The first-order valence-corrected chi connectivity index (χ1v) is 2.83. The summed E-state index contributed by atoms with van der Waals surface area (Å²) in [5.74, 6) is 0. The van der Waals surface area contributed by atoms with Crippen LogP contribution in [0, 0.1) is 0 Å². The van der Waals surface area contributed by atoms with E-state index in [0.717, 1.165) is 0 Å². The SMILES string of the molecule is O=[PH2][O-].O=[PH2][O-].[Co+2]. The van der Waals surface area contributed by atoms with Crippen LogP contribution < -0.4 is 9.79 Å². The fourth-order valence-corrected chi connectivity index (χ4v) is 0. The minimum Gasteiger partial charge on any atom is -0.804 e. The summed E-state index contributed by atoms with van der Waals surface area (Å²) in [6, 6.07) is 0. The van der Waals surface area contributed by atoms with Crippen LogP contribution in [0.2, 0.25) is 0 Å². The van der Waals surface area contributed by atoms with Crippen molar-refractivity contribution in [3.8, 4) is 0 Å². The van der Waals surface area contributed by atoms with Crippen LogP contribution in [0.1, 0.15) is 0 Å². The van der Waals surface area contributed by atoms with Crippen LogP contribution in [0.4, 0.5) is 0 Å². The first kappa shape index (κ1) is 15.7. The molecule has 0 N–H and O–H groups in total. The molecule has 0 aromatic heterocycles. The van der Waals surface area contributed by atoms with E-state index in [1.165, 1.54) is 0 Å². The first-order chi connectivity index (χ1) is 2.83. The maximum atomic E-state index is 8.46. The predicted octanol–water partition coefficient (Wildman–Crippen LogP) is -1.97. The van der Waals surface area contributed by atoms with Gasteiger partial charge in [-0.3, -0.25) is 0 Å². The Labute approximate surface area is 53.7 Å². The Hall–Kier alpha value is 0.886. The van der Waals surface area contributed by atoms with E-state index in [1.807, 2.05) is 0 Å². The maximum absolute atomic E-state index is 8.46. The van der Waals surface area contributed by atoms with Crippen LogP contribution in [0.3, 0.4) is 0 Å². The topological polar surface area (TPSA) is 80.3 Å². The molecule has 0 saturated heterocycles. The number of hydrogen-bond donors (Lipinski definition) is 0. The zero-order chi connectivity index (χ0) is 5.41. The molecule has 0 aromatic rings. The Morgan fingerprint density at radius 3 is 1.00 bits per heavy atom. The second kappa shape index (κ2) is 28.6. The molecule has 0 aliphatic carbocycles. The molecule has 2 atom stereocenters. The Morgan fingerprint density at radius 1 is 1.00 bits per heavy atom. The average molecular weight is 189 g/mol. The van der Waals surface area contributed by atoms with Crippen LogP contribution in [0.5, 0.6) is 0 Å². The molecule has 0 spiro atoms. The molecular weight excluding hydrogens is 185 g/mol. The molecule has 0 heterocycles. The Morgan fingerprint density at radius 2 is 1.00 bits per heavy atom. The van der Waals surface area contributed by atoms with Crippen molar-refractivity contribution in [2.45, 2.75) is 0 Å². The van der Waals surface area contributed by atoms with Crippen LogP contribution in [-0.2, 0) is 25.9 Å². The maximum Gasteiger partial charge on any atom is 2.00 e. The van der Waals surface area contributed by atoms with Gasteiger partial charge in [-0.05, 0) is 17.4 Å². The average Bonchev–Trinajstić information content (AvgIpc) is 1.39. The van der Waals surface area contributed by atoms with E-state index in [9.17, 15) is 0 Å². The van der Waals surface area contributed by atoms with Crippen molar-refractivity contribution in [2.75, 3.05) is 0 Å². The number of rotatable bonds is 0. The van der Waals surface area contributed by atoms with Gasteiger partial charge in [-0.1, -0.05) is 0 Å². The van der Waals surface area contributed by atoms with Crippen molar-refractivity contribution >= 4 is 17.4 Å². The van der Waals surface area contributed by atoms with Crippen molar-refractivity contribution < 1.29 is 35.7 Å². The molecule has 0 aliphatic heterocycles. The van der Waals surface area contributed by atoms with Crippen molar-refractivity contribution in [3.63, 3.8) is 0 Å². The van der Waals surface area contributed by atoms with E-state index in [-0.39, 0.29) is 16.8 Å². The van der Waals surface area contributed by atoms with E-state index in [1.54, 1.807) is 0 Å². The van der Waals surface area contributed by atoms with E-state index < -0.39 is 17.4 Å². The predicted molar refractivity (Wildman–Crippen MR) is 20.8 cm³/mol. The molecule has 1 radical (unpaired) electrons. The van der Waals surface area contributed by atoms with Crippen LogP contribution in [0.15, 0.2) is 0 Å². The minimum absolute atomic E-state index is 0. The Balaban J connectivity index is -0.0000000400. The van der Waals surface area contributed by atoms with Gasteiger partial charge < -0.3 is 18.9 Å². The first-order valence-electron chi connectivity index (χ1n) is 0.943. The van der Waals surface area contributed by atoms with Crippen molar-refractivity contribution in [2.24, 2.45) is 0 Å². The number of hydrogen-bond acceptors (Lipinski definition) is 4. The van der Waals surface area contributed by atoms with Gasteiger partial charge in [0.15, 0.2) is 0 Å². The molecule has 0 aromatic carbocycles. The van der Waals surface area contributed by atoms with E-state index in [2.05, 4.69) is 0 Å². The van der Waals surface area contributed by atoms with Gasteiger partial charge in [-0.2, -0.15) is 0 Å². The molecule has 0 bridgehead atoms. The van der Waals surface area contributed by atoms with Crippen LogP contribution in [0.25, 0.3) is 0 Å². The van der Waals surface area contributed by atoms with Crippen LogP contribution in [-0.4, -0.2) is 0 Å². The molecule has 47 valence electrons. The van der Waals surface area contributed by atoms with E-state index in [4.69, 9.17) is 18.9 Å². The monoisotopic (exact) mass is 189 g/mol. The zero-order valence-corrected chi connectivity index (χ0v) is 6.47. The molecular formula is H4CoO4P2. The minimum atomic E-state index is -1.75. The molecule has 7 heteroatoms. The quantitative estimate of drug-likeness (QED) is 0.414. The fourth-order valence-electron chi connectivity index (χ4n) is 0. The van der Waals surface area contributed by atoms with E-state index >= 15 is 0 Å². The summed E-state index contributed by atoms with van der Waals surface area (Å²) in [5, 5.41) is 0. The Bertz CT molecular complexity index is 30.7. The third-order valence-electron chi connectivity index (χ3n) is 0. The van der Waals surface area contributed by atoms with E-state index in [0.29, 0.717) is 0 Å². The summed E-state index contributed by atoms with van der Waals surface area (Å²) in [6.45, 7) is 0. The van der Waals surface area contributed by atoms with Gasteiger partial charge in [0.2, 0.25) is 0 Å². The smallest absolute Gasteiger partial charge is 0.804 e. The van der Waals surface area contributed by atoms with Gasteiger partial charge in [-0.25, -0.2) is 0 Å². The van der Waals surface area contributed by atoms with Crippen LogP contribution >= 0.6 is 17.4 Å². The largest absolute Gasteiger partial charge is 2.00 e. The van der Waals surface area contributed by atoms with Gasteiger partial charge in [0.25, 0.3) is 0 Å². The molecule has 4 nitrogen and oxygen atoms in total. The van der Waals surface area contributed by atoms with Gasteiger partial charge >= 0.3 is 16.8 Å². The molecule has 0 saturated carbocycles. The Kier molecular flexibility index (Phi) is 64.1. The molecule has 0 amide bonds. The van der Waals surface area contributed by atoms with Gasteiger partial charge in [0.1, 0.15) is 0 Å². The summed E-state index contributed by atoms with van der Waals surface area (Å²) < 4.78 is 16.9. The summed E-state index contributed by atoms with van der Waals surface area (Å²) in [5.41, 5.74) is 0. The second-order valence-electron chi connectivity index (χ2n) is 0.192. The molecule has 0 rings (SSSR count). The van der Waals surface area contributed by atoms with Gasteiger partial charge in [0.05, 0.1) is 0 Å².